The van der Waals surface area contributed by atoms with Gasteiger partial charge in [0.1, 0.15) is 6.04 Å². The molecule has 0 aromatic heterocycles. The predicted molar refractivity (Wildman–Crippen MR) is 47.0 cm³/mol. The molecule has 0 aliphatic carbocycles. The van der Waals surface area contributed by atoms with E-state index >= 15 is 0 Å². The second kappa shape index (κ2) is 4.02. The maximum atomic E-state index is 11.4. The molecular weight excluding hydrogens is 192 g/mol. The van der Waals surface area contributed by atoms with E-state index < -0.39 is 16.3 Å². The number of nitrogens with one attached hydrogen (secondary N) is 2. The topological polar surface area (TPSA) is 85.2 Å². The average Bonchev–Trinajstić information content (AvgIpc) is 2.18. The third-order valence-electron chi connectivity index (χ3n) is 1.91. The molecule has 1 atom stereocenters. The summed E-state index contributed by atoms with van der Waals surface area (Å²) in [5, 5.41) is 11.7. The van der Waals surface area contributed by atoms with Crippen molar-refractivity contribution in [2.24, 2.45) is 0 Å². The highest BCUT2D eigenvalue weighted by Gasteiger charge is 2.30. The van der Waals surface area contributed by atoms with Crippen molar-refractivity contribution >= 4 is 10.2 Å². The quantitative estimate of drug-likeness (QED) is 0.558. The lowest BCUT2D eigenvalue weighted by Crippen LogP contribution is -2.55. The molecule has 74 valence electrons. The maximum Gasteiger partial charge on any atom is 0.280 e. The van der Waals surface area contributed by atoms with Crippen molar-refractivity contribution in [2.75, 3.05) is 26.7 Å². The van der Waals surface area contributed by atoms with Gasteiger partial charge in [0, 0.05) is 26.7 Å². The average molecular weight is 204 g/mol. The number of hydrogen-bond acceptors (Lipinski definition) is 4. The van der Waals surface area contributed by atoms with E-state index in [1.165, 1.54) is 11.4 Å². The summed E-state index contributed by atoms with van der Waals surface area (Å²) in [6, 6.07) is 1.33. The van der Waals surface area contributed by atoms with E-state index in [0.29, 0.717) is 19.6 Å². The van der Waals surface area contributed by atoms with Crippen molar-refractivity contribution in [1.29, 1.82) is 5.26 Å². The number of nitriles is 1. The van der Waals surface area contributed by atoms with Crippen LogP contribution in [-0.2, 0) is 10.2 Å². The van der Waals surface area contributed by atoms with Gasteiger partial charge in [-0.3, -0.25) is 0 Å². The Morgan fingerprint density at radius 3 is 2.92 bits per heavy atom. The lowest BCUT2D eigenvalue weighted by molar-refractivity contribution is 0.309. The second-order valence-corrected chi connectivity index (χ2v) is 4.50. The Kier molecular flexibility index (Phi) is 3.22. The molecule has 0 aromatic carbocycles. The van der Waals surface area contributed by atoms with Gasteiger partial charge >= 0.3 is 0 Å². The van der Waals surface area contributed by atoms with Gasteiger partial charge < -0.3 is 5.32 Å². The summed E-state index contributed by atoms with van der Waals surface area (Å²) in [5.74, 6) is 0. The van der Waals surface area contributed by atoms with Crippen LogP contribution in [0.2, 0.25) is 0 Å². The van der Waals surface area contributed by atoms with Crippen LogP contribution in [0.15, 0.2) is 0 Å². The first-order valence-electron chi connectivity index (χ1n) is 3.92. The normalized spacial score (nSPS) is 25.4. The van der Waals surface area contributed by atoms with Gasteiger partial charge in [-0.05, 0) is 0 Å². The third kappa shape index (κ3) is 2.16. The Morgan fingerprint density at radius 1 is 1.69 bits per heavy atom. The summed E-state index contributed by atoms with van der Waals surface area (Å²) in [6.45, 7) is 1.30. The zero-order valence-corrected chi connectivity index (χ0v) is 8.13. The highest BCUT2D eigenvalue weighted by Crippen LogP contribution is 2.06. The zero-order valence-electron chi connectivity index (χ0n) is 7.32. The van der Waals surface area contributed by atoms with Gasteiger partial charge in [-0.15, -0.1) is 0 Å². The van der Waals surface area contributed by atoms with Crippen molar-refractivity contribution in [1.82, 2.24) is 14.3 Å². The monoisotopic (exact) mass is 204 g/mol. The molecule has 2 N–H and O–H groups in total. The molecule has 1 fully saturated rings. The number of nitrogens with zero attached hydrogens (tertiary/aromatic N) is 2. The highest BCUT2D eigenvalue weighted by molar-refractivity contribution is 7.87. The molecule has 0 amide bonds. The molecule has 0 aromatic rings. The molecule has 0 spiro atoms. The summed E-state index contributed by atoms with van der Waals surface area (Å²) in [6.07, 6.45) is 0. The molecule has 1 saturated heterocycles. The largest absolute Gasteiger partial charge is 0.313 e. The molecule has 1 aliphatic rings. The number of rotatable bonds is 2. The lowest BCUT2D eigenvalue weighted by Gasteiger charge is -2.30. The molecule has 7 heteroatoms. The SMILES string of the molecule is CNS(=O)(=O)N1CCNCC1C#N. The fourth-order valence-corrected chi connectivity index (χ4v) is 2.22. The molecule has 13 heavy (non-hydrogen) atoms. The lowest BCUT2D eigenvalue weighted by atomic mass is 10.3. The van der Waals surface area contributed by atoms with Gasteiger partial charge in [-0.2, -0.15) is 18.0 Å². The van der Waals surface area contributed by atoms with Gasteiger partial charge in [0.2, 0.25) is 0 Å². The smallest absolute Gasteiger partial charge is 0.280 e. The van der Waals surface area contributed by atoms with Crippen molar-refractivity contribution in [3.63, 3.8) is 0 Å². The first-order chi connectivity index (χ1) is 6.11. The van der Waals surface area contributed by atoms with Crippen LogP contribution in [0.1, 0.15) is 0 Å². The van der Waals surface area contributed by atoms with Gasteiger partial charge in [0.15, 0.2) is 0 Å². The van der Waals surface area contributed by atoms with E-state index in [0.717, 1.165) is 0 Å². The maximum absolute atomic E-state index is 11.4. The number of piperazine rings is 1. The molecule has 6 nitrogen and oxygen atoms in total. The minimum Gasteiger partial charge on any atom is -0.313 e. The molecule has 0 saturated carbocycles. The minimum absolute atomic E-state index is 0.335. The van der Waals surface area contributed by atoms with E-state index in [1.807, 2.05) is 6.07 Å². The number of hydrogen-bond donors (Lipinski definition) is 2. The molecule has 1 unspecified atom stereocenters. The van der Waals surface area contributed by atoms with E-state index in [4.69, 9.17) is 5.26 Å². The van der Waals surface area contributed by atoms with Crippen molar-refractivity contribution in [2.45, 2.75) is 6.04 Å². The van der Waals surface area contributed by atoms with Crippen LogP contribution in [0.5, 0.6) is 0 Å². The Morgan fingerprint density at radius 2 is 2.38 bits per heavy atom. The van der Waals surface area contributed by atoms with E-state index in [2.05, 4.69) is 10.0 Å². The summed E-state index contributed by atoms with van der Waals surface area (Å²) in [4.78, 5) is 0. The Bertz CT molecular complexity index is 307. The van der Waals surface area contributed by atoms with E-state index in [-0.39, 0.29) is 0 Å². The second-order valence-electron chi connectivity index (χ2n) is 2.67. The predicted octanol–water partition coefficient (Wildman–Crippen LogP) is -1.75. The molecular formula is C6H12N4O2S. The van der Waals surface area contributed by atoms with Gasteiger partial charge in [-0.25, -0.2) is 4.72 Å². The molecule has 0 radical (unpaired) electrons. The first-order valence-corrected chi connectivity index (χ1v) is 5.36. The standard InChI is InChI=1S/C6H12N4O2S/c1-8-13(11,12)10-3-2-9-5-6(10)4-7/h6,8-9H,2-3,5H2,1H3. The third-order valence-corrected chi connectivity index (χ3v) is 3.48. The summed E-state index contributed by atoms with van der Waals surface area (Å²) in [5.41, 5.74) is 0. The summed E-state index contributed by atoms with van der Waals surface area (Å²) >= 11 is 0. The van der Waals surface area contributed by atoms with Crippen molar-refractivity contribution < 1.29 is 8.42 Å². The van der Waals surface area contributed by atoms with E-state index in [1.54, 1.807) is 0 Å². The Hall–Kier alpha value is -0.680. The van der Waals surface area contributed by atoms with Gasteiger partial charge in [-0.1, -0.05) is 0 Å². The minimum atomic E-state index is -3.46. The Balaban J connectivity index is 2.83. The van der Waals surface area contributed by atoms with Crippen LogP contribution in [0.3, 0.4) is 0 Å². The fourth-order valence-electron chi connectivity index (χ4n) is 1.20. The van der Waals surface area contributed by atoms with Crippen LogP contribution < -0.4 is 10.0 Å². The van der Waals surface area contributed by atoms with Crippen LogP contribution in [0, 0.1) is 11.3 Å². The van der Waals surface area contributed by atoms with Crippen LogP contribution in [-0.4, -0.2) is 45.4 Å². The van der Waals surface area contributed by atoms with Crippen molar-refractivity contribution in [3.05, 3.63) is 0 Å². The zero-order chi connectivity index (χ0) is 9.90. The van der Waals surface area contributed by atoms with E-state index in [9.17, 15) is 8.42 Å². The molecule has 1 rings (SSSR count). The highest BCUT2D eigenvalue weighted by atomic mass is 32.2. The van der Waals surface area contributed by atoms with Crippen LogP contribution >= 0.6 is 0 Å². The summed E-state index contributed by atoms with van der Waals surface area (Å²) < 4.78 is 26.1. The first kappa shape index (κ1) is 10.4. The summed E-state index contributed by atoms with van der Waals surface area (Å²) in [7, 11) is -2.12. The van der Waals surface area contributed by atoms with Gasteiger partial charge in [0.25, 0.3) is 10.2 Å². The van der Waals surface area contributed by atoms with Gasteiger partial charge in [0.05, 0.1) is 6.07 Å². The Labute approximate surface area is 77.7 Å². The molecule has 0 bridgehead atoms. The molecule has 1 aliphatic heterocycles. The van der Waals surface area contributed by atoms with Crippen molar-refractivity contribution in [3.8, 4) is 6.07 Å². The van der Waals surface area contributed by atoms with Crippen LogP contribution in [0.4, 0.5) is 0 Å². The fraction of sp³-hybridized carbons (Fsp3) is 0.833. The molecule has 1 heterocycles. The van der Waals surface area contributed by atoms with Crippen LogP contribution in [0.25, 0.3) is 0 Å².